The van der Waals surface area contributed by atoms with Gasteiger partial charge in [0.1, 0.15) is 0 Å². The Morgan fingerprint density at radius 1 is 1.05 bits per heavy atom. The van der Waals surface area contributed by atoms with Gasteiger partial charge in [-0.05, 0) is 40.5 Å². The van der Waals surface area contributed by atoms with Crippen LogP contribution in [-0.4, -0.2) is 7.05 Å². The second-order valence-corrected chi connectivity index (χ2v) is 4.92. The van der Waals surface area contributed by atoms with Gasteiger partial charge in [-0.25, -0.2) is 0 Å². The monoisotopic (exact) mass is 267 g/mol. The zero-order chi connectivity index (χ0) is 13.2. The number of hydrogen-bond acceptors (Lipinski definition) is 1. The molecule has 0 unspecified atom stereocenters. The predicted molar refractivity (Wildman–Crippen MR) is 84.3 cm³/mol. The Kier molecular flexibility index (Phi) is 3.14. The Hall–Kier alpha value is -1.99. The van der Waals surface area contributed by atoms with Crippen molar-refractivity contribution in [2.24, 2.45) is 0 Å². The van der Waals surface area contributed by atoms with Gasteiger partial charge in [-0.15, -0.1) is 0 Å². The van der Waals surface area contributed by atoms with Crippen LogP contribution in [0.5, 0.6) is 0 Å². The van der Waals surface area contributed by atoms with Crippen molar-refractivity contribution in [1.29, 1.82) is 0 Å². The molecule has 0 spiro atoms. The number of rotatable bonds is 2. The molecule has 94 valence electrons. The van der Waals surface area contributed by atoms with Gasteiger partial charge in [0, 0.05) is 7.05 Å². The van der Waals surface area contributed by atoms with Gasteiger partial charge in [0.2, 0.25) is 0 Å². The quantitative estimate of drug-likeness (QED) is 0.812. The van der Waals surface area contributed by atoms with E-state index in [9.17, 15) is 0 Å². The number of fused-ring (bicyclic) bond motifs is 1. The number of hydrogen-bond donors (Lipinski definition) is 1. The third-order valence-corrected chi connectivity index (χ3v) is 3.61. The zero-order valence-electron chi connectivity index (χ0n) is 10.7. The highest BCUT2D eigenvalue weighted by Crippen LogP contribution is 2.31. The largest absolute Gasteiger partial charge is 0.387 e. The Morgan fingerprint density at radius 2 is 1.89 bits per heavy atom. The summed E-state index contributed by atoms with van der Waals surface area (Å²) in [4.78, 5) is 0. The Bertz CT molecular complexity index is 683. The van der Waals surface area contributed by atoms with E-state index < -0.39 is 0 Å². The van der Waals surface area contributed by atoms with Crippen LogP contribution in [-0.2, 0) is 0 Å². The fraction of sp³-hybridized carbons (Fsp3) is 0.0588. The van der Waals surface area contributed by atoms with Crippen LogP contribution in [0.25, 0.3) is 17.7 Å². The highest BCUT2D eigenvalue weighted by Gasteiger charge is 2.09. The lowest BCUT2D eigenvalue weighted by Gasteiger charge is -2.05. The molecule has 1 N–H and O–H groups in total. The first kappa shape index (κ1) is 12.1. The molecule has 2 heteroatoms. The molecule has 0 aliphatic heterocycles. The van der Waals surface area contributed by atoms with Gasteiger partial charge in [0.05, 0.1) is 10.7 Å². The van der Waals surface area contributed by atoms with E-state index in [2.05, 4.69) is 53.9 Å². The molecule has 0 atom stereocenters. The van der Waals surface area contributed by atoms with Crippen LogP contribution >= 0.6 is 11.6 Å². The van der Waals surface area contributed by atoms with Crippen LogP contribution in [0.15, 0.2) is 48.5 Å². The van der Waals surface area contributed by atoms with Crippen LogP contribution in [0.2, 0.25) is 5.02 Å². The van der Waals surface area contributed by atoms with E-state index in [1.54, 1.807) is 0 Å². The minimum atomic E-state index is 0.743. The number of nitrogens with one attached hydrogen (secondary N) is 1. The molecule has 2 aromatic rings. The number of anilines is 1. The second kappa shape index (κ2) is 4.94. The fourth-order valence-corrected chi connectivity index (χ4v) is 2.59. The van der Waals surface area contributed by atoms with Crippen LogP contribution in [0.1, 0.15) is 16.7 Å². The molecule has 1 aliphatic rings. The van der Waals surface area contributed by atoms with E-state index in [1.807, 2.05) is 19.2 Å². The van der Waals surface area contributed by atoms with Crippen molar-refractivity contribution >= 4 is 35.0 Å². The van der Waals surface area contributed by atoms with Gasteiger partial charge in [-0.3, -0.25) is 0 Å². The van der Waals surface area contributed by atoms with E-state index in [-0.39, 0.29) is 0 Å². The predicted octanol–water partition coefficient (Wildman–Crippen LogP) is 4.95. The van der Waals surface area contributed by atoms with Crippen molar-refractivity contribution in [3.05, 3.63) is 70.3 Å². The Balaban J connectivity index is 2.00. The number of benzene rings is 2. The van der Waals surface area contributed by atoms with Crippen LogP contribution in [0.3, 0.4) is 0 Å². The molecule has 1 aliphatic carbocycles. The number of allylic oxidation sites excluding steroid dienone is 2. The minimum Gasteiger partial charge on any atom is -0.387 e. The maximum atomic E-state index is 6.21. The first-order valence-electron chi connectivity index (χ1n) is 6.24. The topological polar surface area (TPSA) is 12.0 Å². The molecule has 2 aromatic carbocycles. The molecule has 0 aromatic heterocycles. The van der Waals surface area contributed by atoms with Crippen LogP contribution in [0, 0.1) is 0 Å². The van der Waals surface area contributed by atoms with Crippen molar-refractivity contribution in [1.82, 2.24) is 0 Å². The lowest BCUT2D eigenvalue weighted by atomic mass is 10.0. The number of halogens is 1. The third kappa shape index (κ3) is 2.29. The summed E-state index contributed by atoms with van der Waals surface area (Å²) in [5.41, 5.74) is 5.83. The summed E-state index contributed by atoms with van der Waals surface area (Å²) in [7, 11) is 1.87. The summed E-state index contributed by atoms with van der Waals surface area (Å²) in [5.74, 6) is 0. The van der Waals surface area contributed by atoms with E-state index in [4.69, 9.17) is 11.6 Å². The summed E-state index contributed by atoms with van der Waals surface area (Å²) in [6.45, 7) is 0. The molecule has 0 radical (unpaired) electrons. The third-order valence-electron chi connectivity index (χ3n) is 3.30. The molecule has 1 nitrogen and oxygen atoms in total. The van der Waals surface area contributed by atoms with E-state index in [0.717, 1.165) is 16.3 Å². The van der Waals surface area contributed by atoms with Crippen molar-refractivity contribution in [2.75, 3.05) is 12.4 Å². The minimum absolute atomic E-state index is 0.743. The van der Waals surface area contributed by atoms with Crippen molar-refractivity contribution in [3.8, 4) is 0 Å². The lowest BCUT2D eigenvalue weighted by molar-refractivity contribution is 1.50. The smallest absolute Gasteiger partial charge is 0.0643 e. The highest BCUT2D eigenvalue weighted by atomic mass is 35.5. The second-order valence-electron chi connectivity index (χ2n) is 4.51. The molecular weight excluding hydrogens is 254 g/mol. The first-order chi connectivity index (χ1) is 9.28. The molecule has 0 heterocycles. The van der Waals surface area contributed by atoms with Crippen LogP contribution in [0.4, 0.5) is 5.69 Å². The average Bonchev–Trinajstić information content (AvgIpc) is 2.83. The average molecular weight is 268 g/mol. The fourth-order valence-electron chi connectivity index (χ4n) is 2.30. The molecule has 0 amide bonds. The standard InChI is InChI=1S/C17H14ClN/c1-19-17-9-6-12(11-16(17)18)10-14-8-7-13-4-2-3-5-15(13)14/h2-11,19H,1H3. The molecular formula is C17H14ClN. The summed E-state index contributed by atoms with van der Waals surface area (Å²) < 4.78 is 0. The highest BCUT2D eigenvalue weighted by molar-refractivity contribution is 6.33. The molecule has 0 saturated heterocycles. The molecule has 0 saturated carbocycles. The van der Waals surface area contributed by atoms with Crippen molar-refractivity contribution in [3.63, 3.8) is 0 Å². The maximum absolute atomic E-state index is 6.21. The maximum Gasteiger partial charge on any atom is 0.0643 e. The molecule has 3 rings (SSSR count). The van der Waals surface area contributed by atoms with E-state index >= 15 is 0 Å². The molecule has 0 bridgehead atoms. The van der Waals surface area contributed by atoms with Gasteiger partial charge in [-0.1, -0.05) is 54.1 Å². The zero-order valence-corrected chi connectivity index (χ0v) is 11.4. The van der Waals surface area contributed by atoms with Crippen molar-refractivity contribution < 1.29 is 0 Å². The Morgan fingerprint density at radius 3 is 2.68 bits per heavy atom. The summed E-state index contributed by atoms with van der Waals surface area (Å²) in [6, 6.07) is 14.4. The van der Waals surface area contributed by atoms with E-state index in [0.29, 0.717) is 0 Å². The van der Waals surface area contributed by atoms with Gasteiger partial charge >= 0.3 is 0 Å². The van der Waals surface area contributed by atoms with Gasteiger partial charge < -0.3 is 5.32 Å². The normalized spacial score (nSPS) is 14.7. The lowest BCUT2D eigenvalue weighted by Crippen LogP contribution is -1.89. The summed E-state index contributed by atoms with van der Waals surface area (Å²) >= 11 is 6.21. The molecule has 0 fully saturated rings. The summed E-state index contributed by atoms with van der Waals surface area (Å²) in [6.07, 6.45) is 6.45. The van der Waals surface area contributed by atoms with Gasteiger partial charge in [0.25, 0.3) is 0 Å². The first-order valence-corrected chi connectivity index (χ1v) is 6.62. The Labute approximate surface area is 118 Å². The van der Waals surface area contributed by atoms with E-state index in [1.165, 1.54) is 16.7 Å². The van der Waals surface area contributed by atoms with Gasteiger partial charge in [-0.2, -0.15) is 0 Å². The van der Waals surface area contributed by atoms with Crippen LogP contribution < -0.4 is 5.32 Å². The summed E-state index contributed by atoms with van der Waals surface area (Å²) in [5, 5.41) is 3.81. The van der Waals surface area contributed by atoms with Crippen molar-refractivity contribution in [2.45, 2.75) is 0 Å². The SMILES string of the molecule is CNc1ccc(C=C2C=Cc3ccccc32)cc1Cl. The molecule has 19 heavy (non-hydrogen) atoms. The van der Waals surface area contributed by atoms with Gasteiger partial charge in [0.15, 0.2) is 0 Å².